The predicted octanol–water partition coefficient (Wildman–Crippen LogP) is 5.61. The Morgan fingerprint density at radius 3 is 1.86 bits per heavy atom. The Hall–Kier alpha value is -0.790. The number of hydrogen-bond acceptors (Lipinski definition) is 6. The first-order chi connectivity index (χ1) is 12.3. The van der Waals surface area contributed by atoms with Crippen LogP contribution in [-0.4, -0.2) is 25.9 Å². The minimum Gasteiger partial charge on any atom is -0.282 e. The summed E-state index contributed by atoms with van der Waals surface area (Å²) in [6.45, 7) is 13.1. The molecular formula is C19H32FO6PS. The molecule has 9 heteroatoms. The minimum absolute atomic E-state index is 0.0653. The van der Waals surface area contributed by atoms with Crippen LogP contribution in [0, 0.1) is 5.82 Å². The van der Waals surface area contributed by atoms with Crippen LogP contribution in [0.15, 0.2) is 17.0 Å². The van der Waals surface area contributed by atoms with Crippen LogP contribution in [0.4, 0.5) is 4.39 Å². The fourth-order valence-electron chi connectivity index (χ4n) is 2.32. The summed E-state index contributed by atoms with van der Waals surface area (Å²) in [4.78, 5) is -0.200. The molecule has 0 saturated heterocycles. The van der Waals surface area contributed by atoms with Crippen LogP contribution in [-0.2, 0) is 34.6 Å². The van der Waals surface area contributed by atoms with Crippen molar-refractivity contribution in [3.63, 3.8) is 0 Å². The maximum Gasteiger partial charge on any atom is 0.476 e. The zero-order chi connectivity index (χ0) is 22.1. The molecule has 28 heavy (non-hydrogen) atoms. The van der Waals surface area contributed by atoms with Crippen LogP contribution in [0.5, 0.6) is 0 Å². The van der Waals surface area contributed by atoms with Gasteiger partial charge in [0.25, 0.3) is 0 Å². The highest BCUT2D eigenvalue weighted by atomic mass is 32.2. The van der Waals surface area contributed by atoms with E-state index in [4.69, 9.17) is 13.6 Å². The molecule has 0 aliphatic rings. The lowest BCUT2D eigenvalue weighted by atomic mass is 10.0. The summed E-state index contributed by atoms with van der Waals surface area (Å²) in [5, 5.41) is 0. The molecule has 0 bridgehead atoms. The first-order valence-electron chi connectivity index (χ1n) is 9.01. The molecular weight excluding hydrogens is 406 g/mol. The largest absolute Gasteiger partial charge is 0.476 e. The molecule has 0 spiro atoms. The van der Waals surface area contributed by atoms with Gasteiger partial charge in [0.05, 0.1) is 22.7 Å². The van der Waals surface area contributed by atoms with E-state index in [9.17, 15) is 17.4 Å². The molecule has 0 atom stereocenters. The summed E-state index contributed by atoms with van der Waals surface area (Å²) in [7, 11) is -7.85. The van der Waals surface area contributed by atoms with Gasteiger partial charge in [-0.25, -0.2) is 17.4 Å². The van der Waals surface area contributed by atoms with E-state index in [0.29, 0.717) is 5.56 Å². The van der Waals surface area contributed by atoms with Gasteiger partial charge >= 0.3 is 7.82 Å². The van der Waals surface area contributed by atoms with Gasteiger partial charge in [0, 0.05) is 11.8 Å². The summed E-state index contributed by atoms with van der Waals surface area (Å²) in [5.41, 5.74) is -1.38. The lowest BCUT2D eigenvalue weighted by Gasteiger charge is -2.31. The van der Waals surface area contributed by atoms with Crippen molar-refractivity contribution in [2.45, 2.75) is 84.0 Å². The van der Waals surface area contributed by atoms with Crippen LogP contribution in [0.25, 0.3) is 0 Å². The van der Waals surface area contributed by atoms with Crippen molar-refractivity contribution < 1.29 is 30.9 Å². The lowest BCUT2D eigenvalue weighted by molar-refractivity contribution is 0.000364. The van der Waals surface area contributed by atoms with Crippen molar-refractivity contribution in [3.8, 4) is 0 Å². The zero-order valence-corrected chi connectivity index (χ0v) is 19.8. The third kappa shape index (κ3) is 7.91. The van der Waals surface area contributed by atoms with E-state index in [-0.39, 0.29) is 16.4 Å². The quantitative estimate of drug-likeness (QED) is 0.515. The van der Waals surface area contributed by atoms with Crippen LogP contribution in [0.3, 0.4) is 0 Å². The first-order valence-corrected chi connectivity index (χ1v) is 12.4. The zero-order valence-electron chi connectivity index (χ0n) is 18.1. The normalized spacial score (nSPS) is 14.0. The van der Waals surface area contributed by atoms with Crippen molar-refractivity contribution in [1.82, 2.24) is 0 Å². The number of rotatable bonds is 7. The van der Waals surface area contributed by atoms with Crippen molar-refractivity contribution in [2.75, 3.05) is 6.26 Å². The highest BCUT2D eigenvalue weighted by Crippen LogP contribution is 2.56. The van der Waals surface area contributed by atoms with E-state index in [2.05, 4.69) is 0 Å². The Morgan fingerprint density at radius 2 is 1.50 bits per heavy atom. The van der Waals surface area contributed by atoms with Crippen molar-refractivity contribution in [3.05, 3.63) is 29.1 Å². The summed E-state index contributed by atoms with van der Waals surface area (Å²) in [5.74, 6) is -0.811. The fraction of sp³-hybridized carbons (Fsp3) is 0.684. The molecule has 1 aromatic rings. The van der Waals surface area contributed by atoms with Crippen molar-refractivity contribution >= 4 is 17.7 Å². The highest BCUT2D eigenvalue weighted by molar-refractivity contribution is 7.90. The molecule has 0 aliphatic carbocycles. The van der Waals surface area contributed by atoms with E-state index in [0.717, 1.165) is 6.26 Å². The second kappa shape index (κ2) is 8.52. The van der Waals surface area contributed by atoms with Gasteiger partial charge in [0.2, 0.25) is 0 Å². The summed E-state index contributed by atoms with van der Waals surface area (Å²) in [6, 6.07) is 2.68. The Kier molecular flexibility index (Phi) is 7.68. The number of sulfone groups is 1. The second-order valence-corrected chi connectivity index (χ2v) is 12.5. The number of phosphoric ester groups is 1. The molecule has 1 rings (SSSR count). The van der Waals surface area contributed by atoms with E-state index >= 15 is 0 Å². The van der Waals surface area contributed by atoms with Crippen molar-refractivity contribution in [1.29, 1.82) is 0 Å². The van der Waals surface area contributed by atoms with Gasteiger partial charge in [-0.2, -0.15) is 0 Å². The standard InChI is InChI=1S/C19H32FO6PS/c1-13(2)14-10-16(20)15(17(11-14)28(9,22)23)12-24-27(21,25-18(3,4)5)26-19(6,7)8/h10-11,13H,12H2,1-9H3. The number of halogens is 1. The van der Waals surface area contributed by atoms with Crippen molar-refractivity contribution in [2.24, 2.45) is 0 Å². The van der Waals surface area contributed by atoms with E-state index < -0.39 is 41.3 Å². The third-order valence-corrected chi connectivity index (χ3v) is 6.53. The van der Waals surface area contributed by atoms with Crippen LogP contribution in [0.2, 0.25) is 0 Å². The van der Waals surface area contributed by atoms with Crippen LogP contribution < -0.4 is 0 Å². The van der Waals surface area contributed by atoms with E-state index in [1.807, 2.05) is 13.8 Å². The average Bonchev–Trinajstić information content (AvgIpc) is 2.39. The third-order valence-electron chi connectivity index (χ3n) is 3.38. The molecule has 162 valence electrons. The molecule has 0 saturated carbocycles. The smallest absolute Gasteiger partial charge is 0.282 e. The minimum atomic E-state index is -4.11. The molecule has 0 aliphatic heterocycles. The molecule has 1 aromatic carbocycles. The summed E-state index contributed by atoms with van der Waals surface area (Å²) in [6.07, 6.45) is 0.992. The number of benzene rings is 1. The average molecular weight is 438 g/mol. The van der Waals surface area contributed by atoms with Gasteiger partial charge in [-0.05, 0) is 65.2 Å². The Bertz CT molecular complexity index is 830. The van der Waals surface area contributed by atoms with Gasteiger partial charge in [0.15, 0.2) is 9.84 Å². The van der Waals surface area contributed by atoms with Gasteiger partial charge in [-0.1, -0.05) is 13.8 Å². The van der Waals surface area contributed by atoms with Gasteiger partial charge in [-0.3, -0.25) is 13.6 Å². The predicted molar refractivity (Wildman–Crippen MR) is 108 cm³/mol. The molecule has 0 heterocycles. The van der Waals surface area contributed by atoms with Crippen LogP contribution in [0.1, 0.15) is 72.4 Å². The van der Waals surface area contributed by atoms with Gasteiger partial charge in [-0.15, -0.1) is 0 Å². The first kappa shape index (κ1) is 25.2. The highest BCUT2D eigenvalue weighted by Gasteiger charge is 2.38. The van der Waals surface area contributed by atoms with Crippen LogP contribution >= 0.6 is 7.82 Å². The number of phosphoric acid groups is 1. The Morgan fingerprint density at radius 1 is 1.04 bits per heavy atom. The molecule has 0 amide bonds. The number of hydrogen-bond donors (Lipinski definition) is 0. The molecule has 0 fully saturated rings. The van der Waals surface area contributed by atoms with Gasteiger partial charge < -0.3 is 0 Å². The summed E-state index contributed by atoms with van der Waals surface area (Å²) < 4.78 is 68.7. The molecule has 6 nitrogen and oxygen atoms in total. The maximum atomic E-state index is 14.7. The van der Waals surface area contributed by atoms with E-state index in [1.165, 1.54) is 12.1 Å². The molecule has 0 N–H and O–H groups in total. The Labute approximate surface area is 168 Å². The van der Waals surface area contributed by atoms with Gasteiger partial charge in [0.1, 0.15) is 5.82 Å². The summed E-state index contributed by atoms with van der Waals surface area (Å²) >= 11 is 0. The molecule has 0 aromatic heterocycles. The second-order valence-electron chi connectivity index (χ2n) is 9.03. The SMILES string of the molecule is CC(C)c1cc(F)c(COP(=O)(OC(C)(C)C)OC(C)(C)C)c(S(C)(=O)=O)c1. The Balaban J connectivity index is 3.36. The topological polar surface area (TPSA) is 78.9 Å². The molecule has 0 unspecified atom stereocenters. The fourth-order valence-corrected chi connectivity index (χ4v) is 5.05. The monoisotopic (exact) mass is 438 g/mol. The maximum absolute atomic E-state index is 14.7. The molecule has 0 radical (unpaired) electrons. The van der Waals surface area contributed by atoms with E-state index in [1.54, 1.807) is 41.5 Å². The lowest BCUT2D eigenvalue weighted by Crippen LogP contribution is -2.24.